The lowest BCUT2D eigenvalue weighted by molar-refractivity contribution is 0.0702. The third-order valence-corrected chi connectivity index (χ3v) is 4.90. The second kappa shape index (κ2) is 7.13. The zero-order valence-electron chi connectivity index (χ0n) is 12.1. The number of nitrogens with one attached hydrogen (secondary N) is 1. The normalized spacial score (nSPS) is 10.4. The minimum Gasteiger partial charge on any atom is -0.477 e. The summed E-state index contributed by atoms with van der Waals surface area (Å²) in [6.07, 6.45) is 0. The number of halogens is 2. The Morgan fingerprint density at radius 1 is 1.08 bits per heavy atom. The number of aromatic carboxylic acids is 1. The summed E-state index contributed by atoms with van der Waals surface area (Å²) in [4.78, 5) is 17.8. The van der Waals surface area contributed by atoms with Crippen molar-refractivity contribution in [1.82, 2.24) is 0 Å². The topological polar surface area (TPSA) is 58.6 Å². The van der Waals surface area contributed by atoms with Gasteiger partial charge in [-0.05, 0) is 35.9 Å². The molecule has 7 heteroatoms. The van der Waals surface area contributed by atoms with Gasteiger partial charge in [-0.2, -0.15) is 0 Å². The molecule has 3 aromatic rings. The number of benzene rings is 2. The highest BCUT2D eigenvalue weighted by Crippen LogP contribution is 2.36. The summed E-state index contributed by atoms with van der Waals surface area (Å²) in [5, 5.41) is 10.4. The lowest BCUT2D eigenvalue weighted by atomic mass is 10.2. The Hall–Kier alpha value is -2.21. The summed E-state index contributed by atoms with van der Waals surface area (Å²) in [6.45, 7) is 0. The van der Waals surface area contributed by atoms with E-state index in [2.05, 4.69) is 5.48 Å². The van der Waals surface area contributed by atoms with E-state index < -0.39 is 5.97 Å². The third kappa shape index (κ3) is 3.64. The molecular formula is C17H11Cl2NO3S. The SMILES string of the molecule is O=C(O)c1sc(-c2ccc(Cl)cc2)cc1NOc1ccccc1Cl. The first-order valence-electron chi connectivity index (χ1n) is 6.85. The van der Waals surface area contributed by atoms with Crippen LogP contribution in [-0.2, 0) is 0 Å². The Kier molecular flexibility index (Phi) is 4.94. The molecule has 0 aliphatic carbocycles. The van der Waals surface area contributed by atoms with Crippen molar-refractivity contribution in [3.05, 3.63) is 69.5 Å². The number of carboxylic acid groups (broad SMARTS) is 1. The van der Waals surface area contributed by atoms with Gasteiger partial charge >= 0.3 is 5.97 Å². The fourth-order valence-corrected chi connectivity index (χ4v) is 3.27. The Bertz CT molecular complexity index is 878. The van der Waals surface area contributed by atoms with E-state index in [4.69, 9.17) is 28.0 Å². The van der Waals surface area contributed by atoms with Crippen LogP contribution in [-0.4, -0.2) is 11.1 Å². The minimum atomic E-state index is -1.04. The molecule has 0 unspecified atom stereocenters. The van der Waals surface area contributed by atoms with Gasteiger partial charge in [0.15, 0.2) is 5.75 Å². The molecule has 0 aliphatic rings. The lowest BCUT2D eigenvalue weighted by Gasteiger charge is -2.08. The molecule has 3 rings (SSSR count). The number of para-hydroxylation sites is 1. The molecule has 0 spiro atoms. The van der Waals surface area contributed by atoms with Crippen LogP contribution in [0.1, 0.15) is 9.67 Å². The van der Waals surface area contributed by atoms with Gasteiger partial charge in [0.2, 0.25) is 0 Å². The summed E-state index contributed by atoms with van der Waals surface area (Å²) in [7, 11) is 0. The Morgan fingerprint density at radius 3 is 2.46 bits per heavy atom. The minimum absolute atomic E-state index is 0.145. The molecular weight excluding hydrogens is 369 g/mol. The lowest BCUT2D eigenvalue weighted by Crippen LogP contribution is -2.07. The monoisotopic (exact) mass is 379 g/mol. The number of hydrogen-bond acceptors (Lipinski definition) is 4. The average Bonchev–Trinajstić information content (AvgIpc) is 2.99. The highest BCUT2D eigenvalue weighted by Gasteiger charge is 2.17. The second-order valence-corrected chi connectivity index (χ2v) is 6.70. The van der Waals surface area contributed by atoms with Crippen molar-refractivity contribution >= 4 is 46.2 Å². The molecule has 0 bridgehead atoms. The molecule has 122 valence electrons. The Morgan fingerprint density at radius 2 is 1.79 bits per heavy atom. The van der Waals surface area contributed by atoms with Gasteiger partial charge in [0.25, 0.3) is 0 Å². The highest BCUT2D eigenvalue weighted by atomic mass is 35.5. The quantitative estimate of drug-likeness (QED) is 0.547. The van der Waals surface area contributed by atoms with E-state index in [1.54, 1.807) is 42.5 Å². The van der Waals surface area contributed by atoms with Crippen LogP contribution in [0.15, 0.2) is 54.6 Å². The molecule has 24 heavy (non-hydrogen) atoms. The van der Waals surface area contributed by atoms with Gasteiger partial charge in [-0.3, -0.25) is 0 Å². The summed E-state index contributed by atoms with van der Waals surface area (Å²) < 4.78 is 0. The van der Waals surface area contributed by atoms with E-state index in [1.165, 1.54) is 0 Å². The first-order chi connectivity index (χ1) is 11.5. The van der Waals surface area contributed by atoms with Crippen molar-refractivity contribution in [2.24, 2.45) is 0 Å². The summed E-state index contributed by atoms with van der Waals surface area (Å²) in [6, 6.07) is 15.8. The van der Waals surface area contributed by atoms with Crippen LogP contribution in [0.3, 0.4) is 0 Å². The number of anilines is 1. The van der Waals surface area contributed by atoms with Crippen molar-refractivity contribution in [3.8, 4) is 16.2 Å². The van der Waals surface area contributed by atoms with E-state index in [9.17, 15) is 9.90 Å². The van der Waals surface area contributed by atoms with Gasteiger partial charge in [0.1, 0.15) is 4.88 Å². The van der Waals surface area contributed by atoms with Crippen molar-refractivity contribution < 1.29 is 14.7 Å². The summed E-state index contributed by atoms with van der Waals surface area (Å²) >= 11 is 13.0. The van der Waals surface area contributed by atoms with Crippen molar-refractivity contribution in [1.29, 1.82) is 0 Å². The van der Waals surface area contributed by atoms with Gasteiger partial charge in [0.05, 0.1) is 10.7 Å². The molecule has 0 aliphatic heterocycles. The highest BCUT2D eigenvalue weighted by molar-refractivity contribution is 7.18. The molecule has 0 saturated carbocycles. The predicted molar refractivity (Wildman–Crippen MR) is 97.4 cm³/mol. The molecule has 1 heterocycles. The average molecular weight is 380 g/mol. The van der Waals surface area contributed by atoms with Crippen molar-refractivity contribution in [3.63, 3.8) is 0 Å². The van der Waals surface area contributed by atoms with Crippen LogP contribution >= 0.6 is 34.5 Å². The Labute approximate surface area is 152 Å². The molecule has 2 aromatic carbocycles. The number of rotatable bonds is 5. The van der Waals surface area contributed by atoms with Crippen LogP contribution in [0.2, 0.25) is 10.0 Å². The van der Waals surface area contributed by atoms with Gasteiger partial charge in [0, 0.05) is 9.90 Å². The smallest absolute Gasteiger partial charge is 0.348 e. The molecule has 2 N–H and O–H groups in total. The zero-order valence-corrected chi connectivity index (χ0v) is 14.5. The maximum Gasteiger partial charge on any atom is 0.348 e. The number of carbonyl (C=O) groups is 1. The van der Waals surface area contributed by atoms with E-state index >= 15 is 0 Å². The van der Waals surface area contributed by atoms with Crippen LogP contribution < -0.4 is 10.3 Å². The molecule has 0 fully saturated rings. The maximum absolute atomic E-state index is 11.5. The standard InChI is InChI=1S/C17H11Cl2NO3S/c18-11-7-5-10(6-8-11)15-9-13(16(24-15)17(21)22)20-23-14-4-2-1-3-12(14)19/h1-9,20H,(H,21,22). The maximum atomic E-state index is 11.5. The number of carboxylic acids is 1. The van der Waals surface area contributed by atoms with Crippen molar-refractivity contribution in [2.75, 3.05) is 5.48 Å². The van der Waals surface area contributed by atoms with E-state index in [0.717, 1.165) is 21.8 Å². The first-order valence-corrected chi connectivity index (χ1v) is 8.42. The molecule has 0 radical (unpaired) electrons. The molecule has 0 saturated heterocycles. The largest absolute Gasteiger partial charge is 0.477 e. The van der Waals surface area contributed by atoms with Gasteiger partial charge in [-0.1, -0.05) is 47.5 Å². The fourth-order valence-electron chi connectivity index (χ4n) is 2.02. The third-order valence-electron chi connectivity index (χ3n) is 3.16. The van der Waals surface area contributed by atoms with Crippen LogP contribution in [0.5, 0.6) is 5.75 Å². The predicted octanol–water partition coefficient (Wildman–Crippen LogP) is 5.83. The zero-order chi connectivity index (χ0) is 17.1. The van der Waals surface area contributed by atoms with E-state index in [0.29, 0.717) is 21.5 Å². The fraction of sp³-hybridized carbons (Fsp3) is 0. The van der Waals surface area contributed by atoms with Gasteiger partial charge in [-0.25, -0.2) is 10.3 Å². The van der Waals surface area contributed by atoms with Crippen molar-refractivity contribution in [2.45, 2.75) is 0 Å². The second-order valence-electron chi connectivity index (χ2n) is 4.80. The van der Waals surface area contributed by atoms with E-state index in [1.807, 2.05) is 12.1 Å². The van der Waals surface area contributed by atoms with Crippen LogP contribution in [0.4, 0.5) is 5.69 Å². The van der Waals surface area contributed by atoms with Gasteiger partial charge < -0.3 is 9.94 Å². The van der Waals surface area contributed by atoms with Crippen LogP contribution in [0.25, 0.3) is 10.4 Å². The summed E-state index contributed by atoms with van der Waals surface area (Å²) in [5.41, 5.74) is 3.90. The van der Waals surface area contributed by atoms with Crippen LogP contribution in [0, 0.1) is 0 Å². The Balaban J connectivity index is 1.88. The number of thiophene rings is 1. The van der Waals surface area contributed by atoms with E-state index in [-0.39, 0.29) is 4.88 Å². The molecule has 0 amide bonds. The summed E-state index contributed by atoms with van der Waals surface area (Å²) in [5.74, 6) is -0.625. The first kappa shape index (κ1) is 16.6. The molecule has 4 nitrogen and oxygen atoms in total. The van der Waals surface area contributed by atoms with Gasteiger partial charge in [-0.15, -0.1) is 11.3 Å². The molecule has 0 atom stereocenters. The number of hydrogen-bond donors (Lipinski definition) is 2. The molecule has 1 aromatic heterocycles.